The quantitative estimate of drug-likeness (QED) is 0.861. The maximum atomic E-state index is 9.88. The third-order valence-electron chi connectivity index (χ3n) is 6.19. The van der Waals surface area contributed by atoms with Crippen LogP contribution in [0.2, 0.25) is 0 Å². The van der Waals surface area contributed by atoms with Crippen molar-refractivity contribution in [2.75, 3.05) is 39.3 Å². The lowest BCUT2D eigenvalue weighted by molar-refractivity contribution is 0.0106. The summed E-state index contributed by atoms with van der Waals surface area (Å²) in [7, 11) is 0. The van der Waals surface area contributed by atoms with E-state index in [1.165, 1.54) is 64.8 Å². The highest BCUT2D eigenvalue weighted by Gasteiger charge is 2.32. The first kappa shape index (κ1) is 16.7. The molecule has 3 rings (SSSR count). The van der Waals surface area contributed by atoms with Gasteiger partial charge in [-0.2, -0.15) is 0 Å². The minimum absolute atomic E-state index is 0.0767. The summed E-state index contributed by atoms with van der Waals surface area (Å²) in [6.07, 6.45) is 7.41. The van der Waals surface area contributed by atoms with Gasteiger partial charge in [0.25, 0.3) is 0 Å². The number of piperidine rings is 3. The molecule has 3 aliphatic rings. The van der Waals surface area contributed by atoms with Gasteiger partial charge in [-0.25, -0.2) is 0 Å². The molecule has 0 aromatic carbocycles. The topological polar surface area (TPSA) is 30.0 Å². The summed E-state index contributed by atoms with van der Waals surface area (Å²) in [5.74, 6) is 0. The molecule has 4 nitrogen and oxygen atoms in total. The molecule has 0 radical (unpaired) electrons. The Morgan fingerprint density at radius 2 is 1.36 bits per heavy atom. The fourth-order valence-electron chi connectivity index (χ4n) is 4.70. The smallest absolute Gasteiger partial charge is 0.0667 e. The Labute approximate surface area is 136 Å². The van der Waals surface area contributed by atoms with E-state index in [-0.39, 0.29) is 6.10 Å². The summed E-state index contributed by atoms with van der Waals surface area (Å²) in [6.45, 7) is 11.8. The molecule has 128 valence electrons. The van der Waals surface area contributed by atoms with Crippen molar-refractivity contribution in [3.05, 3.63) is 0 Å². The molecule has 0 bridgehead atoms. The molecule has 3 fully saturated rings. The fourth-order valence-corrected chi connectivity index (χ4v) is 4.70. The van der Waals surface area contributed by atoms with Crippen molar-refractivity contribution >= 4 is 0 Å². The van der Waals surface area contributed by atoms with Crippen LogP contribution in [0.4, 0.5) is 0 Å². The van der Waals surface area contributed by atoms with Crippen LogP contribution >= 0.6 is 0 Å². The van der Waals surface area contributed by atoms with Crippen LogP contribution in [0.1, 0.15) is 52.4 Å². The maximum Gasteiger partial charge on any atom is 0.0667 e. The number of aliphatic hydroxyl groups is 1. The van der Waals surface area contributed by atoms with E-state index in [0.717, 1.165) is 25.0 Å². The van der Waals surface area contributed by atoms with Crippen molar-refractivity contribution in [3.63, 3.8) is 0 Å². The van der Waals surface area contributed by atoms with Gasteiger partial charge < -0.3 is 14.9 Å². The molecule has 1 unspecified atom stereocenters. The van der Waals surface area contributed by atoms with Crippen molar-refractivity contribution < 1.29 is 5.11 Å². The van der Waals surface area contributed by atoms with E-state index in [9.17, 15) is 5.11 Å². The molecule has 1 atom stereocenters. The first-order valence-electron chi connectivity index (χ1n) is 9.53. The molecule has 0 saturated carbocycles. The van der Waals surface area contributed by atoms with Crippen molar-refractivity contribution in [1.82, 2.24) is 14.7 Å². The van der Waals surface area contributed by atoms with Crippen LogP contribution in [-0.2, 0) is 0 Å². The molecule has 0 aromatic heterocycles. The number of aliphatic hydroxyl groups excluding tert-OH is 1. The molecule has 0 amide bonds. The van der Waals surface area contributed by atoms with Crippen LogP contribution in [-0.4, -0.2) is 83.3 Å². The average Bonchev–Trinajstić information content (AvgIpc) is 2.55. The van der Waals surface area contributed by atoms with Crippen LogP contribution in [0.25, 0.3) is 0 Å². The lowest BCUT2D eigenvalue weighted by Gasteiger charge is -2.45. The average molecular weight is 309 g/mol. The Bertz CT molecular complexity index is 333. The lowest BCUT2D eigenvalue weighted by Crippen LogP contribution is -2.53. The lowest BCUT2D eigenvalue weighted by atomic mass is 9.95. The number of rotatable bonds is 3. The van der Waals surface area contributed by atoms with Crippen molar-refractivity contribution in [1.29, 1.82) is 0 Å². The Hall–Kier alpha value is -0.160. The molecular formula is C18H35N3O. The molecule has 1 N–H and O–H groups in total. The molecule has 3 heterocycles. The standard InChI is InChI=1S/C18H35N3O/c1-15(2)19-10-5-16(6-11-19)20-12-7-17(8-13-20)21-9-3-4-18(22)14-21/h15-18,22H,3-14H2,1-2H3. The van der Waals surface area contributed by atoms with E-state index in [0.29, 0.717) is 6.04 Å². The van der Waals surface area contributed by atoms with Gasteiger partial charge in [0.05, 0.1) is 6.10 Å². The second kappa shape index (κ2) is 7.61. The largest absolute Gasteiger partial charge is 0.392 e. The molecule has 0 aliphatic carbocycles. The molecule has 0 aromatic rings. The van der Waals surface area contributed by atoms with Crippen LogP contribution in [0.5, 0.6) is 0 Å². The van der Waals surface area contributed by atoms with Crippen molar-refractivity contribution in [2.24, 2.45) is 0 Å². The Morgan fingerprint density at radius 1 is 0.773 bits per heavy atom. The van der Waals surface area contributed by atoms with E-state index >= 15 is 0 Å². The number of hydrogen-bond donors (Lipinski definition) is 1. The van der Waals surface area contributed by atoms with Crippen LogP contribution < -0.4 is 0 Å². The minimum Gasteiger partial charge on any atom is -0.392 e. The molecule has 3 saturated heterocycles. The first-order chi connectivity index (χ1) is 10.6. The number of β-amino-alcohol motifs (C(OH)–C–C–N with tert-alkyl or cyclic N) is 1. The van der Waals surface area contributed by atoms with E-state index in [1.807, 2.05) is 0 Å². The fraction of sp³-hybridized carbons (Fsp3) is 1.00. The number of nitrogens with zero attached hydrogens (tertiary/aromatic N) is 3. The number of likely N-dealkylation sites (tertiary alicyclic amines) is 3. The highest BCUT2D eigenvalue weighted by Crippen LogP contribution is 2.25. The summed E-state index contributed by atoms with van der Waals surface area (Å²) in [5, 5.41) is 9.88. The molecule has 3 aliphatic heterocycles. The predicted molar refractivity (Wildman–Crippen MR) is 91.1 cm³/mol. The van der Waals surface area contributed by atoms with E-state index in [4.69, 9.17) is 0 Å². The second-order valence-corrected chi connectivity index (χ2v) is 7.92. The normalized spacial score (nSPS) is 31.9. The van der Waals surface area contributed by atoms with E-state index < -0.39 is 0 Å². The summed E-state index contributed by atoms with van der Waals surface area (Å²) >= 11 is 0. The summed E-state index contributed by atoms with van der Waals surface area (Å²) in [5.41, 5.74) is 0. The molecule has 22 heavy (non-hydrogen) atoms. The van der Waals surface area contributed by atoms with Gasteiger partial charge in [-0.15, -0.1) is 0 Å². The molecule has 0 spiro atoms. The van der Waals surface area contributed by atoms with Crippen molar-refractivity contribution in [2.45, 2.75) is 76.6 Å². The SMILES string of the molecule is CC(C)N1CCC(N2CCC(N3CCCC(O)C3)CC2)CC1. The van der Waals surface area contributed by atoms with Gasteiger partial charge in [-0.1, -0.05) is 0 Å². The molecule has 4 heteroatoms. The van der Waals surface area contributed by atoms with Crippen molar-refractivity contribution in [3.8, 4) is 0 Å². The van der Waals surface area contributed by atoms with Gasteiger partial charge in [0.2, 0.25) is 0 Å². The van der Waals surface area contributed by atoms with Gasteiger partial charge in [0.15, 0.2) is 0 Å². The van der Waals surface area contributed by atoms with Crippen LogP contribution in [0.3, 0.4) is 0 Å². The second-order valence-electron chi connectivity index (χ2n) is 7.92. The summed E-state index contributed by atoms with van der Waals surface area (Å²) < 4.78 is 0. The zero-order valence-corrected chi connectivity index (χ0v) is 14.6. The third-order valence-corrected chi connectivity index (χ3v) is 6.19. The van der Waals surface area contributed by atoms with Gasteiger partial charge in [-0.05, 0) is 85.1 Å². The predicted octanol–water partition coefficient (Wildman–Crippen LogP) is 1.78. The van der Waals surface area contributed by atoms with E-state index in [2.05, 4.69) is 28.5 Å². The minimum atomic E-state index is -0.0767. The third kappa shape index (κ3) is 4.02. The van der Waals surface area contributed by atoms with Gasteiger partial charge >= 0.3 is 0 Å². The number of hydrogen-bond acceptors (Lipinski definition) is 4. The zero-order chi connectivity index (χ0) is 15.5. The first-order valence-corrected chi connectivity index (χ1v) is 9.53. The summed E-state index contributed by atoms with van der Waals surface area (Å²) in [4.78, 5) is 7.94. The van der Waals surface area contributed by atoms with Crippen LogP contribution in [0.15, 0.2) is 0 Å². The monoisotopic (exact) mass is 309 g/mol. The Balaban J connectivity index is 1.42. The van der Waals surface area contributed by atoms with Gasteiger partial charge in [0.1, 0.15) is 0 Å². The Morgan fingerprint density at radius 3 is 1.95 bits per heavy atom. The Kier molecular flexibility index (Phi) is 5.77. The molecular weight excluding hydrogens is 274 g/mol. The highest BCUT2D eigenvalue weighted by atomic mass is 16.3. The van der Waals surface area contributed by atoms with Gasteiger partial charge in [0, 0.05) is 24.7 Å². The summed E-state index contributed by atoms with van der Waals surface area (Å²) in [6, 6.07) is 2.25. The maximum absolute atomic E-state index is 9.88. The zero-order valence-electron chi connectivity index (χ0n) is 14.6. The van der Waals surface area contributed by atoms with Crippen LogP contribution in [0, 0.1) is 0 Å². The highest BCUT2D eigenvalue weighted by molar-refractivity contribution is 4.88. The van der Waals surface area contributed by atoms with E-state index in [1.54, 1.807) is 0 Å². The van der Waals surface area contributed by atoms with Gasteiger partial charge in [-0.3, -0.25) is 4.90 Å².